The van der Waals surface area contributed by atoms with Gasteiger partial charge in [-0.2, -0.15) is 0 Å². The monoisotopic (exact) mass is 328 g/mol. The normalized spacial score (nSPS) is 33.3. The molecule has 1 aromatic rings. The highest BCUT2D eigenvalue weighted by atomic mass is 16.5. The fraction of sp³-hybridized carbons (Fsp3) is 0.650. The summed E-state index contributed by atoms with van der Waals surface area (Å²) >= 11 is 0. The first-order valence-corrected chi connectivity index (χ1v) is 9.49. The summed E-state index contributed by atoms with van der Waals surface area (Å²) in [6.07, 6.45) is 6.48. The van der Waals surface area contributed by atoms with Gasteiger partial charge in [0.25, 0.3) is 0 Å². The molecule has 1 aliphatic carbocycles. The molecule has 4 rings (SSSR count). The topological polar surface area (TPSA) is 55.6 Å². The molecule has 4 unspecified atom stereocenters. The summed E-state index contributed by atoms with van der Waals surface area (Å²) in [4.78, 5) is 15.0. The van der Waals surface area contributed by atoms with Crippen LogP contribution in [0.4, 0.5) is 0 Å². The van der Waals surface area contributed by atoms with Crippen LogP contribution in [-0.4, -0.2) is 36.5 Å². The lowest BCUT2D eigenvalue weighted by atomic mass is 9.96. The molecule has 1 amide bonds. The van der Waals surface area contributed by atoms with Crippen molar-refractivity contribution in [2.24, 2.45) is 11.7 Å². The predicted molar refractivity (Wildman–Crippen MR) is 93.6 cm³/mol. The predicted octanol–water partition coefficient (Wildman–Crippen LogP) is 2.98. The summed E-state index contributed by atoms with van der Waals surface area (Å²) in [5, 5.41) is 0. The molecule has 0 aromatic heterocycles. The van der Waals surface area contributed by atoms with Crippen LogP contribution >= 0.6 is 0 Å². The molecular weight excluding hydrogens is 300 g/mol. The van der Waals surface area contributed by atoms with Crippen molar-refractivity contribution in [3.05, 3.63) is 35.4 Å². The van der Waals surface area contributed by atoms with Gasteiger partial charge in [0.1, 0.15) is 0 Å². The van der Waals surface area contributed by atoms with E-state index in [9.17, 15) is 4.79 Å². The van der Waals surface area contributed by atoms with E-state index >= 15 is 0 Å². The largest absolute Gasteiger partial charge is 0.374 e. The van der Waals surface area contributed by atoms with E-state index in [2.05, 4.69) is 29.2 Å². The Kier molecular flexibility index (Phi) is 4.59. The number of nitrogens with two attached hydrogens (primary N) is 1. The summed E-state index contributed by atoms with van der Waals surface area (Å²) in [6, 6.07) is 8.84. The maximum atomic E-state index is 12.9. The third-order valence-corrected chi connectivity index (χ3v) is 5.86. The zero-order valence-electron chi connectivity index (χ0n) is 14.3. The third-order valence-electron chi connectivity index (χ3n) is 5.86. The van der Waals surface area contributed by atoms with Gasteiger partial charge in [0.05, 0.1) is 6.10 Å². The molecule has 3 fully saturated rings. The van der Waals surface area contributed by atoms with Crippen molar-refractivity contribution < 1.29 is 9.53 Å². The van der Waals surface area contributed by atoms with Crippen LogP contribution < -0.4 is 5.73 Å². The number of carbonyl (C=O) groups excluding carboxylic acids is 1. The first-order chi connectivity index (χ1) is 11.7. The second kappa shape index (κ2) is 6.85. The van der Waals surface area contributed by atoms with Gasteiger partial charge in [-0.05, 0) is 55.6 Å². The van der Waals surface area contributed by atoms with E-state index in [0.29, 0.717) is 11.8 Å². The molecule has 2 aliphatic heterocycles. The second-order valence-corrected chi connectivity index (χ2v) is 7.60. The fourth-order valence-electron chi connectivity index (χ4n) is 4.35. The Morgan fingerprint density at radius 1 is 1.08 bits per heavy atom. The van der Waals surface area contributed by atoms with Crippen molar-refractivity contribution in [2.75, 3.05) is 19.7 Å². The molecule has 4 nitrogen and oxygen atoms in total. The lowest BCUT2D eigenvalue weighted by Gasteiger charge is -2.21. The molecule has 130 valence electrons. The first kappa shape index (κ1) is 16.1. The Morgan fingerprint density at radius 2 is 1.92 bits per heavy atom. The number of amides is 1. The molecule has 4 heteroatoms. The lowest BCUT2D eigenvalue weighted by molar-refractivity contribution is -0.132. The van der Waals surface area contributed by atoms with E-state index in [1.165, 1.54) is 11.1 Å². The fourth-order valence-corrected chi connectivity index (χ4v) is 4.35. The average molecular weight is 328 g/mol. The number of hydrogen-bond acceptors (Lipinski definition) is 3. The Labute approximate surface area is 144 Å². The van der Waals surface area contributed by atoms with Crippen molar-refractivity contribution >= 4 is 5.91 Å². The zero-order chi connectivity index (χ0) is 16.5. The minimum absolute atomic E-state index is 0.168. The summed E-state index contributed by atoms with van der Waals surface area (Å²) < 4.78 is 5.89. The Morgan fingerprint density at radius 3 is 2.71 bits per heavy atom. The number of benzene rings is 1. The number of ether oxygens (including phenoxy) is 1. The standard InChI is InChI=1S/C20H28N2O2/c21-14-5-3-10-22(11-9-14)20(23)18-13-17(18)15-6-1-2-7-16(15)19-8-4-12-24-19/h1-2,6-7,14,17-19H,3-5,8-13,21H2. The highest BCUT2D eigenvalue weighted by molar-refractivity contribution is 5.83. The lowest BCUT2D eigenvalue weighted by Crippen LogP contribution is -2.34. The van der Waals surface area contributed by atoms with E-state index in [4.69, 9.17) is 10.5 Å². The molecule has 3 aliphatic rings. The van der Waals surface area contributed by atoms with E-state index in [0.717, 1.165) is 58.2 Å². The molecule has 0 bridgehead atoms. The van der Waals surface area contributed by atoms with E-state index in [-0.39, 0.29) is 18.1 Å². The van der Waals surface area contributed by atoms with Crippen molar-refractivity contribution in [3.63, 3.8) is 0 Å². The minimum Gasteiger partial charge on any atom is -0.374 e. The highest BCUT2D eigenvalue weighted by Crippen LogP contribution is 2.51. The van der Waals surface area contributed by atoms with Crippen LogP contribution in [0, 0.1) is 5.92 Å². The molecule has 0 spiro atoms. The van der Waals surface area contributed by atoms with E-state index < -0.39 is 0 Å². The number of nitrogens with zero attached hydrogens (tertiary/aromatic N) is 1. The smallest absolute Gasteiger partial charge is 0.226 e. The molecule has 1 aromatic carbocycles. The minimum atomic E-state index is 0.168. The quantitative estimate of drug-likeness (QED) is 0.928. The van der Waals surface area contributed by atoms with Crippen LogP contribution in [0.15, 0.2) is 24.3 Å². The Balaban J connectivity index is 1.45. The zero-order valence-corrected chi connectivity index (χ0v) is 14.3. The van der Waals surface area contributed by atoms with Gasteiger partial charge in [-0.1, -0.05) is 24.3 Å². The highest BCUT2D eigenvalue weighted by Gasteiger charge is 2.47. The third kappa shape index (κ3) is 3.22. The summed E-state index contributed by atoms with van der Waals surface area (Å²) in [7, 11) is 0. The number of carbonyl (C=O) groups is 1. The molecule has 4 atom stereocenters. The van der Waals surface area contributed by atoms with Crippen LogP contribution in [0.25, 0.3) is 0 Å². The molecule has 24 heavy (non-hydrogen) atoms. The molecular formula is C20H28N2O2. The van der Waals surface area contributed by atoms with Gasteiger partial charge >= 0.3 is 0 Å². The number of hydrogen-bond donors (Lipinski definition) is 1. The van der Waals surface area contributed by atoms with Gasteiger partial charge in [0, 0.05) is 31.7 Å². The maximum Gasteiger partial charge on any atom is 0.226 e. The van der Waals surface area contributed by atoms with E-state index in [1.807, 2.05) is 0 Å². The summed E-state index contributed by atoms with van der Waals surface area (Å²) in [5.74, 6) is 0.896. The van der Waals surface area contributed by atoms with Gasteiger partial charge in [-0.25, -0.2) is 0 Å². The van der Waals surface area contributed by atoms with Gasteiger partial charge < -0.3 is 15.4 Å². The average Bonchev–Trinajstić information content (AvgIpc) is 3.28. The SMILES string of the molecule is NC1CCCN(C(=O)C2CC2c2ccccc2C2CCCO2)CC1. The van der Waals surface area contributed by atoms with Gasteiger partial charge in [0.2, 0.25) is 5.91 Å². The van der Waals surface area contributed by atoms with Crippen LogP contribution in [0.3, 0.4) is 0 Å². The van der Waals surface area contributed by atoms with Crippen molar-refractivity contribution in [1.82, 2.24) is 4.90 Å². The first-order valence-electron chi connectivity index (χ1n) is 9.49. The molecule has 2 heterocycles. The summed E-state index contributed by atoms with van der Waals surface area (Å²) in [6.45, 7) is 2.57. The molecule has 2 saturated heterocycles. The van der Waals surface area contributed by atoms with Crippen LogP contribution in [0.2, 0.25) is 0 Å². The Hall–Kier alpha value is -1.39. The number of likely N-dealkylation sites (tertiary alicyclic amines) is 1. The van der Waals surface area contributed by atoms with Crippen LogP contribution in [0.1, 0.15) is 61.7 Å². The molecule has 2 N–H and O–H groups in total. The summed E-state index contributed by atoms with van der Waals surface area (Å²) in [5.41, 5.74) is 8.70. The van der Waals surface area contributed by atoms with Crippen molar-refractivity contribution in [3.8, 4) is 0 Å². The van der Waals surface area contributed by atoms with Gasteiger partial charge in [0.15, 0.2) is 0 Å². The van der Waals surface area contributed by atoms with E-state index in [1.54, 1.807) is 0 Å². The van der Waals surface area contributed by atoms with Gasteiger partial charge in [-0.15, -0.1) is 0 Å². The van der Waals surface area contributed by atoms with Gasteiger partial charge in [-0.3, -0.25) is 4.79 Å². The molecule has 1 saturated carbocycles. The Bertz CT molecular complexity index is 597. The maximum absolute atomic E-state index is 12.9. The molecule has 0 radical (unpaired) electrons. The van der Waals surface area contributed by atoms with Crippen molar-refractivity contribution in [1.29, 1.82) is 0 Å². The van der Waals surface area contributed by atoms with Crippen molar-refractivity contribution in [2.45, 2.75) is 56.6 Å². The van der Waals surface area contributed by atoms with Crippen LogP contribution in [0.5, 0.6) is 0 Å². The van der Waals surface area contributed by atoms with Crippen LogP contribution in [-0.2, 0) is 9.53 Å². The second-order valence-electron chi connectivity index (χ2n) is 7.60. The number of rotatable bonds is 3.